The van der Waals surface area contributed by atoms with Gasteiger partial charge in [-0.05, 0) is 84.3 Å². The van der Waals surface area contributed by atoms with E-state index in [0.717, 1.165) is 47.5 Å². The number of hydrogen-bond donors (Lipinski definition) is 1. The molecule has 1 atom stereocenters. The second kappa shape index (κ2) is 9.69. The van der Waals surface area contributed by atoms with Crippen molar-refractivity contribution in [1.29, 1.82) is 0 Å². The number of nitrogens with zero attached hydrogens (tertiary/aromatic N) is 2. The lowest BCUT2D eigenvalue weighted by atomic mass is 9.90. The highest BCUT2D eigenvalue weighted by molar-refractivity contribution is 5.91. The highest BCUT2D eigenvalue weighted by Gasteiger charge is 2.34. The molecule has 1 N–H and O–H groups in total. The third-order valence-electron chi connectivity index (χ3n) is 7.59. The molecule has 0 saturated heterocycles. The summed E-state index contributed by atoms with van der Waals surface area (Å²) in [6.45, 7) is 0.470. The number of amides is 2. The van der Waals surface area contributed by atoms with Gasteiger partial charge in [-0.1, -0.05) is 36.4 Å². The molecule has 6 rings (SSSR count). The summed E-state index contributed by atoms with van der Waals surface area (Å²) in [6, 6.07) is 24.1. The van der Waals surface area contributed by atoms with Crippen molar-refractivity contribution >= 4 is 11.7 Å². The summed E-state index contributed by atoms with van der Waals surface area (Å²) in [5, 5.41) is 3.29. The van der Waals surface area contributed by atoms with Crippen LogP contribution < -0.4 is 14.8 Å². The zero-order valence-electron chi connectivity index (χ0n) is 21.2. The van der Waals surface area contributed by atoms with E-state index in [-0.39, 0.29) is 12.1 Å². The average molecular weight is 494 g/mol. The second-order valence-corrected chi connectivity index (χ2v) is 9.66. The van der Waals surface area contributed by atoms with Crippen LogP contribution in [0.4, 0.5) is 10.5 Å². The normalized spacial score (nSPS) is 16.2. The van der Waals surface area contributed by atoms with E-state index in [9.17, 15) is 4.79 Å². The van der Waals surface area contributed by atoms with E-state index in [2.05, 4.69) is 46.4 Å². The van der Waals surface area contributed by atoms with Crippen LogP contribution in [0.3, 0.4) is 0 Å². The minimum atomic E-state index is -0.332. The first-order valence-corrected chi connectivity index (χ1v) is 12.8. The second-order valence-electron chi connectivity index (χ2n) is 9.66. The number of aryl methyl sites for hydroxylation is 1. The van der Waals surface area contributed by atoms with Crippen molar-refractivity contribution in [3.63, 3.8) is 0 Å². The van der Waals surface area contributed by atoms with Crippen LogP contribution in [0.5, 0.6) is 11.5 Å². The Morgan fingerprint density at radius 1 is 0.865 bits per heavy atom. The molecule has 1 aromatic heterocycles. The van der Waals surface area contributed by atoms with Gasteiger partial charge in [0.15, 0.2) is 11.5 Å². The Balaban J connectivity index is 1.47. The third-order valence-corrected chi connectivity index (χ3v) is 7.59. The topological polar surface area (TPSA) is 55.7 Å². The lowest BCUT2D eigenvalue weighted by molar-refractivity contribution is 0.194. The molecule has 2 amide bonds. The predicted octanol–water partition coefficient (Wildman–Crippen LogP) is 6.51. The van der Waals surface area contributed by atoms with E-state index >= 15 is 0 Å². The molecule has 3 aromatic carbocycles. The van der Waals surface area contributed by atoms with Crippen LogP contribution >= 0.6 is 0 Å². The summed E-state index contributed by atoms with van der Waals surface area (Å²) < 4.78 is 13.3. The number of aromatic nitrogens is 1. The molecule has 0 fully saturated rings. The third kappa shape index (κ3) is 4.12. The first kappa shape index (κ1) is 23.2. The summed E-state index contributed by atoms with van der Waals surface area (Å²) in [5.74, 6) is 1.29. The van der Waals surface area contributed by atoms with E-state index in [1.165, 1.54) is 17.5 Å². The number of benzene rings is 3. The Kier molecular flexibility index (Phi) is 6.08. The maximum Gasteiger partial charge on any atom is 0.322 e. The van der Waals surface area contributed by atoms with Gasteiger partial charge >= 0.3 is 6.03 Å². The number of ether oxygens (including phenoxy) is 2. The first-order chi connectivity index (χ1) is 18.2. The summed E-state index contributed by atoms with van der Waals surface area (Å²) in [4.78, 5) is 16.1. The van der Waals surface area contributed by atoms with Gasteiger partial charge < -0.3 is 24.3 Å². The van der Waals surface area contributed by atoms with Gasteiger partial charge in [0.2, 0.25) is 0 Å². The minimum Gasteiger partial charge on any atom is -0.493 e. The quantitative estimate of drug-likeness (QED) is 0.353. The van der Waals surface area contributed by atoms with Crippen LogP contribution in [0.2, 0.25) is 0 Å². The van der Waals surface area contributed by atoms with Crippen LogP contribution in [0, 0.1) is 0 Å². The van der Waals surface area contributed by atoms with Crippen LogP contribution in [0.1, 0.15) is 46.8 Å². The van der Waals surface area contributed by atoms with E-state index < -0.39 is 0 Å². The Bertz CT molecular complexity index is 1460. The van der Waals surface area contributed by atoms with Crippen LogP contribution in [-0.4, -0.2) is 29.7 Å². The molecule has 37 heavy (non-hydrogen) atoms. The molecule has 6 heteroatoms. The van der Waals surface area contributed by atoms with Crippen molar-refractivity contribution in [3.05, 3.63) is 107 Å². The predicted molar refractivity (Wildman–Crippen MR) is 145 cm³/mol. The van der Waals surface area contributed by atoms with Gasteiger partial charge in [0.1, 0.15) is 0 Å². The fraction of sp³-hybridized carbons (Fsp3) is 0.258. The highest BCUT2D eigenvalue weighted by atomic mass is 16.5. The molecule has 0 radical (unpaired) electrons. The number of para-hydroxylation sites is 1. The van der Waals surface area contributed by atoms with Crippen molar-refractivity contribution in [3.8, 4) is 17.2 Å². The number of hydrogen-bond acceptors (Lipinski definition) is 3. The number of carbonyl (C=O) groups excluding carboxylic acids is 1. The molecular formula is C31H31N3O3. The smallest absolute Gasteiger partial charge is 0.322 e. The number of urea groups is 1. The lowest BCUT2D eigenvalue weighted by Gasteiger charge is -2.32. The summed E-state index contributed by atoms with van der Waals surface area (Å²) in [7, 11) is 3.27. The molecule has 2 aliphatic rings. The SMILES string of the molecule is COc1ccc([C@@H]2c3cccn3-c3ccccc3CN2C(=O)Nc2cccc3c2CCCC3)cc1OC. The Morgan fingerprint density at radius 2 is 1.68 bits per heavy atom. The Morgan fingerprint density at radius 3 is 2.54 bits per heavy atom. The molecule has 1 aliphatic heterocycles. The van der Waals surface area contributed by atoms with Crippen molar-refractivity contribution in [1.82, 2.24) is 9.47 Å². The van der Waals surface area contributed by atoms with Crippen LogP contribution in [-0.2, 0) is 19.4 Å². The van der Waals surface area contributed by atoms with Crippen molar-refractivity contribution < 1.29 is 14.3 Å². The number of anilines is 1. The molecule has 4 aromatic rings. The maximum atomic E-state index is 14.2. The first-order valence-electron chi connectivity index (χ1n) is 12.8. The average Bonchev–Trinajstić information content (AvgIpc) is 3.37. The number of nitrogens with one attached hydrogen (secondary N) is 1. The largest absolute Gasteiger partial charge is 0.493 e. The van der Waals surface area contributed by atoms with Crippen LogP contribution in [0.25, 0.3) is 5.69 Å². The van der Waals surface area contributed by atoms with Crippen molar-refractivity contribution in [2.75, 3.05) is 19.5 Å². The molecule has 1 aliphatic carbocycles. The Hall–Kier alpha value is -4.19. The van der Waals surface area contributed by atoms with E-state index in [1.807, 2.05) is 47.4 Å². The molecule has 6 nitrogen and oxygen atoms in total. The standard InChI is InChI=1S/C31H31N3O3/c1-36-28-17-16-22(19-29(28)37-2)30-27-15-8-18-33(27)26-14-6-4-10-23(26)20-34(30)31(35)32-25-13-7-11-21-9-3-5-12-24(21)25/h4,6-8,10-11,13-19,30H,3,5,9,12,20H2,1-2H3,(H,32,35)/t30-/m1/s1. The number of rotatable bonds is 4. The molecule has 2 heterocycles. The van der Waals surface area contributed by atoms with Gasteiger partial charge in [-0.15, -0.1) is 0 Å². The number of fused-ring (bicyclic) bond motifs is 4. The van der Waals surface area contributed by atoms with Crippen molar-refractivity contribution in [2.45, 2.75) is 38.3 Å². The van der Waals surface area contributed by atoms with Gasteiger partial charge in [0.05, 0.1) is 32.5 Å². The lowest BCUT2D eigenvalue weighted by Crippen LogP contribution is -2.38. The van der Waals surface area contributed by atoms with Crippen LogP contribution in [0.15, 0.2) is 79.0 Å². The highest BCUT2D eigenvalue weighted by Crippen LogP contribution is 2.40. The summed E-state index contributed by atoms with van der Waals surface area (Å²) >= 11 is 0. The molecule has 0 spiro atoms. The fourth-order valence-electron chi connectivity index (χ4n) is 5.80. The van der Waals surface area contributed by atoms with Crippen molar-refractivity contribution in [2.24, 2.45) is 0 Å². The molecule has 0 bridgehead atoms. The van der Waals surface area contributed by atoms with Gasteiger partial charge in [-0.3, -0.25) is 0 Å². The molecule has 188 valence electrons. The number of methoxy groups -OCH3 is 2. The molecular weight excluding hydrogens is 462 g/mol. The van der Waals surface area contributed by atoms with E-state index in [0.29, 0.717) is 18.0 Å². The maximum absolute atomic E-state index is 14.2. The molecule has 0 saturated carbocycles. The molecule has 0 unspecified atom stereocenters. The summed E-state index contributed by atoms with van der Waals surface area (Å²) in [6.07, 6.45) is 6.48. The Labute approximate surface area is 217 Å². The number of carbonyl (C=O) groups is 1. The fourth-order valence-corrected chi connectivity index (χ4v) is 5.80. The van der Waals surface area contributed by atoms with E-state index in [4.69, 9.17) is 9.47 Å². The minimum absolute atomic E-state index is 0.122. The zero-order chi connectivity index (χ0) is 25.4. The van der Waals surface area contributed by atoms with E-state index in [1.54, 1.807) is 14.2 Å². The zero-order valence-corrected chi connectivity index (χ0v) is 21.2. The van der Waals surface area contributed by atoms with Gasteiger partial charge in [0, 0.05) is 17.6 Å². The van der Waals surface area contributed by atoms with Gasteiger partial charge in [0.25, 0.3) is 0 Å². The monoisotopic (exact) mass is 493 g/mol. The summed E-state index contributed by atoms with van der Waals surface area (Å²) in [5.41, 5.74) is 7.67. The van der Waals surface area contributed by atoms with Gasteiger partial charge in [-0.2, -0.15) is 0 Å². The van der Waals surface area contributed by atoms with Gasteiger partial charge in [-0.25, -0.2) is 4.79 Å².